The van der Waals surface area contributed by atoms with Crippen molar-refractivity contribution in [2.24, 2.45) is 0 Å². The molecule has 1 atom stereocenters. The largest absolute Gasteiger partial charge is 0.494 e. The molecule has 0 aromatic heterocycles. The lowest BCUT2D eigenvalue weighted by atomic mass is 10.0. The van der Waals surface area contributed by atoms with Crippen LogP contribution in [0.15, 0.2) is 24.3 Å². The van der Waals surface area contributed by atoms with Gasteiger partial charge in [-0.2, -0.15) is 0 Å². The van der Waals surface area contributed by atoms with Crippen LogP contribution in [0.1, 0.15) is 18.5 Å². The molecule has 1 N–H and O–H groups in total. The smallest absolute Gasteiger partial charge is 0.244 e. The summed E-state index contributed by atoms with van der Waals surface area (Å²) in [4.78, 5) is 16.6. The average Bonchev–Trinajstić information content (AvgIpc) is 2.50. The first-order valence-corrected chi connectivity index (χ1v) is 7.52. The van der Waals surface area contributed by atoms with Gasteiger partial charge in [-0.3, -0.25) is 9.69 Å². The first-order valence-electron chi connectivity index (χ1n) is 7.52. The number of amides is 1. The fraction of sp³-hybridized carbons (Fsp3) is 0.562. The molecule has 0 spiro atoms. The fourth-order valence-corrected chi connectivity index (χ4v) is 2.66. The van der Waals surface area contributed by atoms with Gasteiger partial charge in [0, 0.05) is 45.8 Å². The first-order chi connectivity index (χ1) is 10.1. The minimum Gasteiger partial charge on any atom is -0.494 e. The second-order valence-corrected chi connectivity index (χ2v) is 5.39. The standard InChI is InChI=1S/C16H25N3O2/c1-4-21-14-8-6-5-7-13(14)15(16(20)18(2)3)19-11-9-17-10-12-19/h5-8,15,17H,4,9-12H2,1-3H3. The number of hydrogen-bond acceptors (Lipinski definition) is 4. The number of benzene rings is 1. The van der Waals surface area contributed by atoms with E-state index in [9.17, 15) is 4.79 Å². The maximum Gasteiger partial charge on any atom is 0.244 e. The second-order valence-electron chi connectivity index (χ2n) is 5.39. The van der Waals surface area contributed by atoms with Crippen LogP contribution in [0.2, 0.25) is 0 Å². The Morgan fingerprint density at radius 3 is 2.62 bits per heavy atom. The summed E-state index contributed by atoms with van der Waals surface area (Å²) in [6.07, 6.45) is 0. The number of ether oxygens (including phenoxy) is 1. The zero-order valence-electron chi connectivity index (χ0n) is 13.1. The Hall–Kier alpha value is -1.59. The Kier molecular flexibility index (Phi) is 5.59. The van der Waals surface area contributed by atoms with E-state index in [1.54, 1.807) is 19.0 Å². The number of carbonyl (C=O) groups is 1. The van der Waals surface area contributed by atoms with Gasteiger partial charge in [-0.15, -0.1) is 0 Å². The van der Waals surface area contributed by atoms with Gasteiger partial charge in [0.05, 0.1) is 6.61 Å². The first kappa shape index (κ1) is 15.8. The number of para-hydroxylation sites is 1. The van der Waals surface area contributed by atoms with Crippen LogP contribution in [0.4, 0.5) is 0 Å². The Morgan fingerprint density at radius 2 is 2.00 bits per heavy atom. The van der Waals surface area contributed by atoms with Gasteiger partial charge < -0.3 is 15.0 Å². The van der Waals surface area contributed by atoms with Gasteiger partial charge in [0.15, 0.2) is 0 Å². The van der Waals surface area contributed by atoms with E-state index < -0.39 is 0 Å². The highest BCUT2D eigenvalue weighted by molar-refractivity contribution is 5.83. The molecule has 1 aromatic rings. The molecule has 1 aliphatic rings. The van der Waals surface area contributed by atoms with Crippen LogP contribution in [0.5, 0.6) is 5.75 Å². The zero-order chi connectivity index (χ0) is 15.2. The molecule has 1 aliphatic heterocycles. The van der Waals surface area contributed by atoms with Crippen molar-refractivity contribution in [2.75, 3.05) is 46.9 Å². The molecule has 0 saturated carbocycles. The van der Waals surface area contributed by atoms with Crippen LogP contribution in [-0.4, -0.2) is 62.6 Å². The Labute approximate surface area is 126 Å². The highest BCUT2D eigenvalue weighted by atomic mass is 16.5. The molecule has 5 nitrogen and oxygen atoms in total. The van der Waals surface area contributed by atoms with Crippen molar-refractivity contribution >= 4 is 5.91 Å². The predicted octanol–water partition coefficient (Wildman–Crippen LogP) is 1.12. The summed E-state index contributed by atoms with van der Waals surface area (Å²) in [6.45, 7) is 6.11. The predicted molar refractivity (Wildman–Crippen MR) is 83.5 cm³/mol. The van der Waals surface area contributed by atoms with E-state index in [-0.39, 0.29) is 11.9 Å². The van der Waals surface area contributed by atoms with Gasteiger partial charge >= 0.3 is 0 Å². The molecule has 0 radical (unpaired) electrons. The van der Waals surface area contributed by atoms with Crippen molar-refractivity contribution in [3.63, 3.8) is 0 Å². The van der Waals surface area contributed by atoms with Crippen molar-refractivity contribution in [2.45, 2.75) is 13.0 Å². The molecule has 1 fully saturated rings. The van der Waals surface area contributed by atoms with Gasteiger partial charge in [-0.05, 0) is 13.0 Å². The maximum absolute atomic E-state index is 12.7. The van der Waals surface area contributed by atoms with Crippen molar-refractivity contribution in [1.29, 1.82) is 0 Å². The average molecular weight is 291 g/mol. The topological polar surface area (TPSA) is 44.8 Å². The molecule has 116 valence electrons. The van der Waals surface area contributed by atoms with Crippen LogP contribution < -0.4 is 10.1 Å². The summed E-state index contributed by atoms with van der Waals surface area (Å²) in [5, 5.41) is 3.33. The van der Waals surface area contributed by atoms with Gasteiger partial charge in [0.2, 0.25) is 5.91 Å². The number of likely N-dealkylation sites (N-methyl/N-ethyl adjacent to an activating group) is 1. The Morgan fingerprint density at radius 1 is 1.33 bits per heavy atom. The van der Waals surface area contributed by atoms with E-state index in [4.69, 9.17) is 4.74 Å². The summed E-state index contributed by atoms with van der Waals surface area (Å²) in [5.41, 5.74) is 0.958. The number of piperazine rings is 1. The molecular weight excluding hydrogens is 266 g/mol. The van der Waals surface area contributed by atoms with E-state index in [1.165, 1.54) is 0 Å². The molecular formula is C16H25N3O2. The second kappa shape index (κ2) is 7.43. The van der Waals surface area contributed by atoms with Crippen molar-refractivity contribution in [1.82, 2.24) is 15.1 Å². The van der Waals surface area contributed by atoms with Crippen LogP contribution in [0, 0.1) is 0 Å². The lowest BCUT2D eigenvalue weighted by Crippen LogP contribution is -2.49. The quantitative estimate of drug-likeness (QED) is 0.883. The summed E-state index contributed by atoms with van der Waals surface area (Å²) >= 11 is 0. The number of nitrogens with zero attached hydrogens (tertiary/aromatic N) is 2. The number of carbonyl (C=O) groups excluding carboxylic acids is 1. The lowest BCUT2D eigenvalue weighted by Gasteiger charge is -2.36. The summed E-state index contributed by atoms with van der Waals surface area (Å²) in [6, 6.07) is 7.58. The van der Waals surface area contributed by atoms with E-state index in [0.29, 0.717) is 6.61 Å². The minimum absolute atomic E-state index is 0.101. The molecule has 0 aliphatic carbocycles. The normalized spacial score (nSPS) is 17.3. The third kappa shape index (κ3) is 3.74. The highest BCUT2D eigenvalue weighted by Gasteiger charge is 2.31. The van der Waals surface area contributed by atoms with Crippen LogP contribution in [0.25, 0.3) is 0 Å². The van der Waals surface area contributed by atoms with Crippen molar-refractivity contribution < 1.29 is 9.53 Å². The summed E-state index contributed by atoms with van der Waals surface area (Å²) in [7, 11) is 3.61. The van der Waals surface area contributed by atoms with E-state index >= 15 is 0 Å². The maximum atomic E-state index is 12.7. The Bertz CT molecular complexity index is 470. The summed E-state index contributed by atoms with van der Waals surface area (Å²) in [5.74, 6) is 0.905. The van der Waals surface area contributed by atoms with Gasteiger partial charge in [0.25, 0.3) is 0 Å². The molecule has 1 unspecified atom stereocenters. The van der Waals surface area contributed by atoms with Crippen molar-refractivity contribution in [3.05, 3.63) is 29.8 Å². The van der Waals surface area contributed by atoms with Crippen LogP contribution in [-0.2, 0) is 4.79 Å². The van der Waals surface area contributed by atoms with E-state index in [1.807, 2.05) is 31.2 Å². The van der Waals surface area contributed by atoms with Crippen LogP contribution in [0.3, 0.4) is 0 Å². The number of nitrogens with one attached hydrogen (secondary N) is 1. The van der Waals surface area contributed by atoms with Gasteiger partial charge in [-0.25, -0.2) is 0 Å². The zero-order valence-corrected chi connectivity index (χ0v) is 13.1. The molecule has 2 rings (SSSR count). The molecule has 1 aromatic carbocycles. The molecule has 21 heavy (non-hydrogen) atoms. The highest BCUT2D eigenvalue weighted by Crippen LogP contribution is 2.31. The summed E-state index contributed by atoms with van der Waals surface area (Å²) < 4.78 is 5.73. The number of rotatable bonds is 5. The lowest BCUT2D eigenvalue weighted by molar-refractivity contribution is -0.135. The fourth-order valence-electron chi connectivity index (χ4n) is 2.66. The SMILES string of the molecule is CCOc1ccccc1C(C(=O)N(C)C)N1CCNCC1. The van der Waals surface area contributed by atoms with Crippen molar-refractivity contribution in [3.8, 4) is 5.75 Å². The molecule has 5 heteroatoms. The molecule has 0 bridgehead atoms. The van der Waals surface area contributed by atoms with Crippen LogP contribution >= 0.6 is 0 Å². The van der Waals surface area contributed by atoms with E-state index in [0.717, 1.165) is 37.5 Å². The molecule has 1 amide bonds. The van der Waals surface area contributed by atoms with Gasteiger partial charge in [-0.1, -0.05) is 18.2 Å². The molecule has 1 heterocycles. The third-order valence-corrected chi connectivity index (χ3v) is 3.70. The molecule has 1 saturated heterocycles. The monoisotopic (exact) mass is 291 g/mol. The third-order valence-electron chi connectivity index (χ3n) is 3.70. The van der Waals surface area contributed by atoms with E-state index in [2.05, 4.69) is 10.2 Å². The van der Waals surface area contributed by atoms with Gasteiger partial charge in [0.1, 0.15) is 11.8 Å². The number of hydrogen-bond donors (Lipinski definition) is 1. The Balaban J connectivity index is 2.36. The minimum atomic E-state index is -0.273.